The number of nitrogens with one attached hydrogen (secondary N) is 1. The van der Waals surface area contributed by atoms with Crippen LogP contribution in [0.3, 0.4) is 0 Å². The van der Waals surface area contributed by atoms with Crippen LogP contribution in [0.15, 0.2) is 17.0 Å². The molecule has 2 rings (SSSR count). The van der Waals surface area contributed by atoms with E-state index in [0.717, 1.165) is 12.3 Å². The van der Waals surface area contributed by atoms with Crippen molar-refractivity contribution in [1.29, 1.82) is 0 Å². The lowest BCUT2D eigenvalue weighted by Crippen LogP contribution is -2.42. The van der Waals surface area contributed by atoms with Gasteiger partial charge in [0.1, 0.15) is 5.76 Å². The Kier molecular flexibility index (Phi) is 4.36. The molecule has 4 nitrogen and oxygen atoms in total. The molecule has 1 aromatic heterocycles. The Hall–Kier alpha value is -0.870. The van der Waals surface area contributed by atoms with E-state index < -0.39 is 0 Å². The van der Waals surface area contributed by atoms with Crippen molar-refractivity contribution in [2.24, 2.45) is 0 Å². The number of aromatic nitrogens is 1. The van der Waals surface area contributed by atoms with Crippen molar-refractivity contribution in [2.45, 2.75) is 38.8 Å². The van der Waals surface area contributed by atoms with Gasteiger partial charge < -0.3 is 14.6 Å². The minimum absolute atomic E-state index is 0.637. The maximum absolute atomic E-state index is 5.20. The van der Waals surface area contributed by atoms with Crippen LogP contribution >= 0.6 is 0 Å². The average Bonchev–Trinajstić information content (AvgIpc) is 2.82. The van der Waals surface area contributed by atoms with Crippen molar-refractivity contribution in [3.63, 3.8) is 0 Å². The fourth-order valence-electron chi connectivity index (χ4n) is 2.25. The maximum Gasteiger partial charge on any atom is 0.180 e. The molecule has 0 unspecified atom stereocenters. The third kappa shape index (κ3) is 3.32. The standard InChI is InChI=1S/C12H21N3O/c1-2-5-15-6-3-11(4-7-15)14-9-12-8-13-10-16-12/h8,10-11,14H,2-7,9H2,1H3. The molecule has 0 radical (unpaired) electrons. The predicted octanol–water partition coefficient (Wildman–Crippen LogP) is 1.64. The molecule has 0 bridgehead atoms. The van der Waals surface area contributed by atoms with Crippen LogP contribution < -0.4 is 5.32 Å². The normalized spacial score (nSPS) is 19.1. The van der Waals surface area contributed by atoms with Crippen LogP contribution in [0.5, 0.6) is 0 Å². The van der Waals surface area contributed by atoms with Crippen LogP contribution in [-0.4, -0.2) is 35.6 Å². The molecule has 1 fully saturated rings. The molecule has 16 heavy (non-hydrogen) atoms. The summed E-state index contributed by atoms with van der Waals surface area (Å²) in [5.41, 5.74) is 0. The maximum atomic E-state index is 5.20. The van der Waals surface area contributed by atoms with Crippen molar-refractivity contribution in [1.82, 2.24) is 15.2 Å². The zero-order valence-corrected chi connectivity index (χ0v) is 9.98. The van der Waals surface area contributed by atoms with Gasteiger partial charge >= 0.3 is 0 Å². The lowest BCUT2D eigenvalue weighted by atomic mass is 10.0. The SMILES string of the molecule is CCCN1CCC(NCc2cnco2)CC1. The second-order valence-corrected chi connectivity index (χ2v) is 4.46. The van der Waals surface area contributed by atoms with E-state index in [9.17, 15) is 0 Å². The van der Waals surface area contributed by atoms with Gasteiger partial charge in [-0.2, -0.15) is 0 Å². The number of oxazole rings is 1. The van der Waals surface area contributed by atoms with Gasteiger partial charge in [-0.1, -0.05) is 6.92 Å². The highest BCUT2D eigenvalue weighted by Crippen LogP contribution is 2.11. The molecule has 1 saturated heterocycles. The van der Waals surface area contributed by atoms with Crippen molar-refractivity contribution in [3.8, 4) is 0 Å². The van der Waals surface area contributed by atoms with E-state index >= 15 is 0 Å². The summed E-state index contributed by atoms with van der Waals surface area (Å²) in [6.45, 7) is 6.74. The summed E-state index contributed by atoms with van der Waals surface area (Å²) >= 11 is 0. The van der Waals surface area contributed by atoms with Gasteiger partial charge in [-0.05, 0) is 38.9 Å². The minimum atomic E-state index is 0.637. The molecule has 1 aliphatic heterocycles. The van der Waals surface area contributed by atoms with Crippen LogP contribution in [-0.2, 0) is 6.54 Å². The van der Waals surface area contributed by atoms with Gasteiger partial charge in [0.15, 0.2) is 6.39 Å². The molecule has 1 aliphatic rings. The van der Waals surface area contributed by atoms with E-state index in [2.05, 4.69) is 22.1 Å². The van der Waals surface area contributed by atoms with E-state index in [4.69, 9.17) is 4.42 Å². The number of nitrogens with zero attached hydrogens (tertiary/aromatic N) is 2. The van der Waals surface area contributed by atoms with Crippen molar-refractivity contribution >= 4 is 0 Å². The molecule has 0 atom stereocenters. The summed E-state index contributed by atoms with van der Waals surface area (Å²) < 4.78 is 5.20. The molecule has 1 N–H and O–H groups in total. The third-order valence-corrected chi connectivity index (χ3v) is 3.18. The Balaban J connectivity index is 1.65. The lowest BCUT2D eigenvalue weighted by molar-refractivity contribution is 0.196. The first-order valence-electron chi connectivity index (χ1n) is 6.21. The molecule has 4 heteroatoms. The molecule has 0 aromatic carbocycles. The summed E-state index contributed by atoms with van der Waals surface area (Å²) in [7, 11) is 0. The van der Waals surface area contributed by atoms with Gasteiger partial charge in [-0.25, -0.2) is 4.98 Å². The van der Waals surface area contributed by atoms with Crippen LogP contribution in [0, 0.1) is 0 Å². The van der Waals surface area contributed by atoms with E-state index in [1.54, 1.807) is 6.20 Å². The lowest BCUT2D eigenvalue weighted by Gasteiger charge is -2.32. The molecular formula is C12H21N3O. The van der Waals surface area contributed by atoms with E-state index in [1.165, 1.54) is 45.3 Å². The topological polar surface area (TPSA) is 41.3 Å². The molecule has 2 heterocycles. The Morgan fingerprint density at radius 2 is 2.31 bits per heavy atom. The Morgan fingerprint density at radius 1 is 1.50 bits per heavy atom. The van der Waals surface area contributed by atoms with Gasteiger partial charge in [-0.15, -0.1) is 0 Å². The van der Waals surface area contributed by atoms with E-state index in [-0.39, 0.29) is 0 Å². The van der Waals surface area contributed by atoms with Crippen molar-refractivity contribution in [2.75, 3.05) is 19.6 Å². The number of piperidine rings is 1. The molecular weight excluding hydrogens is 202 g/mol. The van der Waals surface area contributed by atoms with Crippen LogP contribution in [0.2, 0.25) is 0 Å². The van der Waals surface area contributed by atoms with Crippen LogP contribution in [0.4, 0.5) is 0 Å². The first-order valence-corrected chi connectivity index (χ1v) is 6.21. The van der Waals surface area contributed by atoms with Gasteiger partial charge in [-0.3, -0.25) is 0 Å². The van der Waals surface area contributed by atoms with E-state index in [0.29, 0.717) is 6.04 Å². The number of rotatable bonds is 5. The number of hydrogen-bond donors (Lipinski definition) is 1. The average molecular weight is 223 g/mol. The smallest absolute Gasteiger partial charge is 0.180 e. The van der Waals surface area contributed by atoms with Gasteiger partial charge in [0.05, 0.1) is 12.7 Å². The molecule has 0 aliphatic carbocycles. The highest BCUT2D eigenvalue weighted by Gasteiger charge is 2.17. The summed E-state index contributed by atoms with van der Waals surface area (Å²) in [4.78, 5) is 6.46. The summed E-state index contributed by atoms with van der Waals surface area (Å²) in [6.07, 6.45) is 7.01. The third-order valence-electron chi connectivity index (χ3n) is 3.18. The van der Waals surface area contributed by atoms with Gasteiger partial charge in [0, 0.05) is 6.04 Å². The highest BCUT2D eigenvalue weighted by molar-refractivity contribution is 4.89. The summed E-state index contributed by atoms with van der Waals surface area (Å²) in [6, 6.07) is 0.637. The Bertz CT molecular complexity index is 278. The Labute approximate surface area is 97.0 Å². The predicted molar refractivity (Wildman–Crippen MR) is 63.1 cm³/mol. The fraction of sp³-hybridized carbons (Fsp3) is 0.750. The summed E-state index contributed by atoms with van der Waals surface area (Å²) in [5, 5.41) is 3.53. The molecule has 0 saturated carbocycles. The fourth-order valence-corrected chi connectivity index (χ4v) is 2.25. The monoisotopic (exact) mass is 223 g/mol. The van der Waals surface area contributed by atoms with Crippen molar-refractivity contribution in [3.05, 3.63) is 18.4 Å². The van der Waals surface area contributed by atoms with Gasteiger partial charge in [0.25, 0.3) is 0 Å². The highest BCUT2D eigenvalue weighted by atomic mass is 16.3. The number of likely N-dealkylation sites (tertiary alicyclic amines) is 1. The minimum Gasteiger partial charge on any atom is -0.447 e. The largest absolute Gasteiger partial charge is 0.447 e. The molecule has 0 spiro atoms. The number of hydrogen-bond acceptors (Lipinski definition) is 4. The zero-order valence-electron chi connectivity index (χ0n) is 9.98. The second-order valence-electron chi connectivity index (χ2n) is 4.46. The van der Waals surface area contributed by atoms with Crippen LogP contribution in [0.25, 0.3) is 0 Å². The summed E-state index contributed by atoms with van der Waals surface area (Å²) in [5.74, 6) is 0.927. The zero-order chi connectivity index (χ0) is 11.2. The molecule has 90 valence electrons. The first-order chi connectivity index (χ1) is 7.88. The van der Waals surface area contributed by atoms with Crippen LogP contribution in [0.1, 0.15) is 31.9 Å². The second kappa shape index (κ2) is 6.01. The van der Waals surface area contributed by atoms with Gasteiger partial charge in [0.2, 0.25) is 0 Å². The first kappa shape index (κ1) is 11.6. The molecule has 0 amide bonds. The van der Waals surface area contributed by atoms with E-state index in [1.807, 2.05) is 0 Å². The quantitative estimate of drug-likeness (QED) is 0.824. The van der Waals surface area contributed by atoms with Crippen molar-refractivity contribution < 1.29 is 4.42 Å². The Morgan fingerprint density at radius 3 is 2.94 bits per heavy atom. The molecule has 1 aromatic rings.